The molecule has 66 valence electrons. The fourth-order valence-corrected chi connectivity index (χ4v) is 1.14. The number of carboxylic acid groups (broad SMARTS) is 1. The van der Waals surface area contributed by atoms with Crippen molar-refractivity contribution in [3.63, 3.8) is 0 Å². The van der Waals surface area contributed by atoms with Gasteiger partial charge in [-0.3, -0.25) is 4.40 Å². The number of fused-ring (bicyclic) bond motifs is 1. The minimum atomic E-state index is -1.18. The lowest BCUT2D eigenvalue weighted by molar-refractivity contribution is 0.0692. The Labute approximate surface area is 76.8 Å². The number of hydrogen-bond donors (Lipinski definition) is 1. The third-order valence-corrected chi connectivity index (χ3v) is 1.63. The number of hydrogen-bond acceptors (Lipinski definition) is 4. The molecule has 2 aromatic rings. The van der Waals surface area contributed by atoms with Crippen LogP contribution in [0.3, 0.4) is 0 Å². The summed E-state index contributed by atoms with van der Waals surface area (Å²) in [4.78, 5) is 14.3. The summed E-state index contributed by atoms with van der Waals surface area (Å²) in [5.41, 5.74) is -0.0260. The number of rotatable bonds is 1. The van der Waals surface area contributed by atoms with Crippen LogP contribution in [0, 0.1) is 0 Å². The smallest absolute Gasteiger partial charge is 0.358 e. The first-order valence-corrected chi connectivity index (χ1v) is 3.65. The standard InChI is InChI=1S/C6H3ClN4O2/c7-3-1-11-2-8-10-5(11)4(9-3)6(12)13/h1-2H,(H,12,13). The average Bonchev–Trinajstić information content (AvgIpc) is 2.49. The molecule has 0 unspecified atom stereocenters. The van der Waals surface area contributed by atoms with E-state index in [1.54, 1.807) is 0 Å². The summed E-state index contributed by atoms with van der Waals surface area (Å²) in [6.45, 7) is 0. The molecule has 0 aliphatic carbocycles. The highest BCUT2D eigenvalue weighted by Crippen LogP contribution is 2.10. The van der Waals surface area contributed by atoms with Crippen LogP contribution in [0.15, 0.2) is 12.5 Å². The van der Waals surface area contributed by atoms with Gasteiger partial charge in [0, 0.05) is 6.20 Å². The highest BCUT2D eigenvalue weighted by molar-refractivity contribution is 6.29. The second-order valence-electron chi connectivity index (χ2n) is 2.28. The third kappa shape index (κ3) is 1.20. The number of carbonyl (C=O) groups is 1. The molecule has 0 fully saturated rings. The van der Waals surface area contributed by atoms with Crippen molar-refractivity contribution in [2.75, 3.05) is 0 Å². The molecule has 2 aromatic heterocycles. The molecule has 7 heteroatoms. The molecule has 0 aliphatic rings. The Morgan fingerprint density at radius 2 is 2.38 bits per heavy atom. The summed E-state index contributed by atoms with van der Waals surface area (Å²) in [5.74, 6) is -1.18. The molecule has 0 saturated heterocycles. The second-order valence-corrected chi connectivity index (χ2v) is 2.67. The molecular weight excluding hydrogens is 196 g/mol. The van der Waals surface area contributed by atoms with E-state index in [0.717, 1.165) is 0 Å². The van der Waals surface area contributed by atoms with Crippen molar-refractivity contribution in [2.45, 2.75) is 0 Å². The van der Waals surface area contributed by atoms with Gasteiger partial charge in [-0.05, 0) is 0 Å². The molecule has 6 nitrogen and oxygen atoms in total. The highest BCUT2D eigenvalue weighted by atomic mass is 35.5. The van der Waals surface area contributed by atoms with Gasteiger partial charge in [-0.15, -0.1) is 10.2 Å². The van der Waals surface area contributed by atoms with E-state index in [9.17, 15) is 4.79 Å². The van der Waals surface area contributed by atoms with E-state index in [2.05, 4.69) is 15.2 Å². The first-order chi connectivity index (χ1) is 6.18. The van der Waals surface area contributed by atoms with E-state index in [-0.39, 0.29) is 16.5 Å². The summed E-state index contributed by atoms with van der Waals surface area (Å²) in [6, 6.07) is 0. The van der Waals surface area contributed by atoms with Crippen molar-refractivity contribution < 1.29 is 9.90 Å². The van der Waals surface area contributed by atoms with Crippen molar-refractivity contribution in [3.8, 4) is 0 Å². The second kappa shape index (κ2) is 2.67. The lowest BCUT2D eigenvalue weighted by atomic mass is 10.4. The highest BCUT2D eigenvalue weighted by Gasteiger charge is 2.13. The molecule has 0 aliphatic heterocycles. The molecule has 0 bridgehead atoms. The van der Waals surface area contributed by atoms with Gasteiger partial charge in [0.2, 0.25) is 0 Å². The van der Waals surface area contributed by atoms with Gasteiger partial charge in [0.15, 0.2) is 11.3 Å². The summed E-state index contributed by atoms with van der Waals surface area (Å²) < 4.78 is 1.40. The molecule has 2 rings (SSSR count). The van der Waals surface area contributed by atoms with E-state index >= 15 is 0 Å². The first-order valence-electron chi connectivity index (χ1n) is 3.27. The molecule has 1 N–H and O–H groups in total. The van der Waals surface area contributed by atoms with E-state index in [1.807, 2.05) is 0 Å². The molecule has 0 amide bonds. The zero-order valence-corrected chi connectivity index (χ0v) is 6.93. The van der Waals surface area contributed by atoms with Gasteiger partial charge >= 0.3 is 5.97 Å². The zero-order valence-electron chi connectivity index (χ0n) is 6.18. The normalized spacial score (nSPS) is 10.5. The summed E-state index contributed by atoms with van der Waals surface area (Å²) >= 11 is 5.57. The predicted octanol–water partition coefficient (Wildman–Crippen LogP) is 0.476. The average molecular weight is 199 g/mol. The minimum Gasteiger partial charge on any atom is -0.476 e. The Kier molecular flexibility index (Phi) is 1.63. The Morgan fingerprint density at radius 1 is 1.62 bits per heavy atom. The Bertz CT molecular complexity index is 480. The Balaban J connectivity index is 2.84. The number of aromatic carboxylic acids is 1. The van der Waals surface area contributed by atoms with Crippen molar-refractivity contribution in [2.24, 2.45) is 0 Å². The fraction of sp³-hybridized carbons (Fsp3) is 0. The van der Waals surface area contributed by atoms with Crippen LogP contribution in [0.5, 0.6) is 0 Å². The monoisotopic (exact) mass is 198 g/mol. The van der Waals surface area contributed by atoms with Crippen molar-refractivity contribution in [1.29, 1.82) is 0 Å². The largest absolute Gasteiger partial charge is 0.476 e. The summed E-state index contributed by atoms with van der Waals surface area (Å²) in [5, 5.41) is 15.9. The number of aromatic nitrogens is 4. The summed E-state index contributed by atoms with van der Waals surface area (Å²) in [7, 11) is 0. The van der Waals surface area contributed by atoms with Gasteiger partial charge in [-0.1, -0.05) is 11.6 Å². The van der Waals surface area contributed by atoms with Gasteiger partial charge < -0.3 is 5.11 Å². The maximum absolute atomic E-state index is 10.7. The zero-order chi connectivity index (χ0) is 9.42. The van der Waals surface area contributed by atoms with Gasteiger partial charge in [0.05, 0.1) is 0 Å². The Morgan fingerprint density at radius 3 is 3.08 bits per heavy atom. The lowest BCUT2D eigenvalue weighted by Crippen LogP contribution is -2.04. The van der Waals surface area contributed by atoms with Gasteiger partial charge in [0.1, 0.15) is 11.5 Å². The topological polar surface area (TPSA) is 80.4 Å². The predicted molar refractivity (Wildman–Crippen MR) is 42.8 cm³/mol. The quantitative estimate of drug-likeness (QED) is 0.721. The van der Waals surface area contributed by atoms with E-state index in [4.69, 9.17) is 16.7 Å². The number of nitrogens with zero attached hydrogens (tertiary/aromatic N) is 4. The molecule has 0 saturated carbocycles. The van der Waals surface area contributed by atoms with Gasteiger partial charge in [-0.25, -0.2) is 9.78 Å². The van der Waals surface area contributed by atoms with Gasteiger partial charge in [-0.2, -0.15) is 0 Å². The van der Waals surface area contributed by atoms with E-state index < -0.39 is 5.97 Å². The molecule has 13 heavy (non-hydrogen) atoms. The third-order valence-electron chi connectivity index (χ3n) is 1.45. The van der Waals surface area contributed by atoms with Crippen molar-refractivity contribution in [3.05, 3.63) is 23.4 Å². The van der Waals surface area contributed by atoms with Crippen LogP contribution in [-0.2, 0) is 0 Å². The van der Waals surface area contributed by atoms with Crippen LogP contribution in [0.25, 0.3) is 5.65 Å². The summed E-state index contributed by atoms with van der Waals surface area (Å²) in [6.07, 6.45) is 2.79. The van der Waals surface area contributed by atoms with Crippen LogP contribution >= 0.6 is 11.6 Å². The molecule has 0 aromatic carbocycles. The molecule has 0 radical (unpaired) electrons. The fourth-order valence-electron chi connectivity index (χ4n) is 0.951. The van der Waals surface area contributed by atoms with E-state index in [0.29, 0.717) is 0 Å². The van der Waals surface area contributed by atoms with Crippen LogP contribution in [0.2, 0.25) is 5.15 Å². The van der Waals surface area contributed by atoms with Crippen LogP contribution in [-0.4, -0.2) is 30.7 Å². The Hall–Kier alpha value is -1.69. The van der Waals surface area contributed by atoms with Crippen LogP contribution < -0.4 is 0 Å². The maximum Gasteiger partial charge on any atom is 0.358 e. The number of carboxylic acids is 1. The van der Waals surface area contributed by atoms with E-state index in [1.165, 1.54) is 16.9 Å². The van der Waals surface area contributed by atoms with Crippen LogP contribution in [0.4, 0.5) is 0 Å². The SMILES string of the molecule is O=C(O)c1nc(Cl)cn2cnnc12. The van der Waals surface area contributed by atoms with Gasteiger partial charge in [0.25, 0.3) is 0 Å². The number of halogens is 1. The molecular formula is C6H3ClN4O2. The lowest BCUT2D eigenvalue weighted by Gasteiger charge is -1.96. The maximum atomic E-state index is 10.7. The molecule has 2 heterocycles. The molecule has 0 spiro atoms. The molecule has 0 atom stereocenters. The first kappa shape index (κ1) is 7.93. The van der Waals surface area contributed by atoms with Crippen LogP contribution in [0.1, 0.15) is 10.5 Å². The minimum absolute atomic E-state index is 0.0877. The van der Waals surface area contributed by atoms with Crippen molar-refractivity contribution >= 4 is 23.2 Å². The van der Waals surface area contributed by atoms with Crippen molar-refractivity contribution in [1.82, 2.24) is 19.6 Å².